The van der Waals surface area contributed by atoms with Gasteiger partial charge in [-0.05, 0) is 60.4 Å². The molecule has 0 N–H and O–H groups in total. The van der Waals surface area contributed by atoms with Crippen molar-refractivity contribution in [1.82, 2.24) is 0 Å². The van der Waals surface area contributed by atoms with Gasteiger partial charge in [0.25, 0.3) is 0 Å². The maximum atomic E-state index is 14.4. The minimum absolute atomic E-state index is 0.237. The Bertz CT molecular complexity index is 1080. The molecule has 0 aliphatic rings. The van der Waals surface area contributed by atoms with Gasteiger partial charge in [0.15, 0.2) is 0 Å². The van der Waals surface area contributed by atoms with E-state index in [9.17, 15) is 8.78 Å². The molecule has 3 aromatic rings. The maximum Gasteiger partial charge on any atom is 0.143 e. The van der Waals surface area contributed by atoms with E-state index in [1.807, 2.05) is 48.5 Å². The molecule has 0 unspecified atom stereocenters. The van der Waals surface area contributed by atoms with Crippen molar-refractivity contribution in [3.8, 4) is 23.7 Å². The lowest BCUT2D eigenvalue weighted by molar-refractivity contribution is 0.577. The Morgan fingerprint density at radius 3 is 1.62 bits per heavy atom. The molecular formula is C27H22F2. The number of hydrogen-bond donors (Lipinski definition) is 0. The van der Waals surface area contributed by atoms with Gasteiger partial charge < -0.3 is 0 Å². The van der Waals surface area contributed by atoms with Crippen LogP contribution in [0.15, 0.2) is 60.7 Å². The van der Waals surface area contributed by atoms with Gasteiger partial charge in [0.2, 0.25) is 0 Å². The highest BCUT2D eigenvalue weighted by Crippen LogP contribution is 2.15. The largest absolute Gasteiger partial charge is 0.205 e. The lowest BCUT2D eigenvalue weighted by atomic mass is 10.1. The van der Waals surface area contributed by atoms with Crippen LogP contribution in [0.4, 0.5) is 8.78 Å². The predicted octanol–water partition coefficient (Wildman–Crippen LogP) is 6.28. The van der Waals surface area contributed by atoms with E-state index in [4.69, 9.17) is 0 Å². The number of rotatable bonds is 3. The lowest BCUT2D eigenvalue weighted by Gasteiger charge is -2.00. The fraction of sp³-hybridized carbons (Fsp3) is 0.185. The Balaban J connectivity index is 1.80. The van der Waals surface area contributed by atoms with Crippen LogP contribution in [0.2, 0.25) is 0 Å². The fourth-order valence-corrected chi connectivity index (χ4v) is 2.91. The van der Waals surface area contributed by atoms with Gasteiger partial charge in [0.1, 0.15) is 11.6 Å². The summed E-state index contributed by atoms with van der Waals surface area (Å²) < 4.78 is 28.8. The van der Waals surface area contributed by atoms with E-state index in [-0.39, 0.29) is 11.1 Å². The predicted molar refractivity (Wildman–Crippen MR) is 115 cm³/mol. The van der Waals surface area contributed by atoms with Crippen molar-refractivity contribution in [3.63, 3.8) is 0 Å². The Morgan fingerprint density at radius 1 is 0.621 bits per heavy atom. The minimum Gasteiger partial charge on any atom is -0.205 e. The highest BCUT2D eigenvalue weighted by atomic mass is 19.1. The Kier molecular flexibility index (Phi) is 6.83. The Labute approximate surface area is 171 Å². The van der Waals surface area contributed by atoms with Crippen molar-refractivity contribution in [2.75, 3.05) is 0 Å². The molecule has 3 rings (SSSR count). The van der Waals surface area contributed by atoms with Crippen molar-refractivity contribution >= 4 is 0 Å². The quantitative estimate of drug-likeness (QED) is 0.466. The van der Waals surface area contributed by atoms with Crippen molar-refractivity contribution in [1.29, 1.82) is 0 Å². The number of aryl methyl sites for hydroxylation is 2. The van der Waals surface area contributed by atoms with Crippen LogP contribution in [-0.4, -0.2) is 0 Å². The van der Waals surface area contributed by atoms with Gasteiger partial charge in [-0.3, -0.25) is 0 Å². The average Bonchev–Trinajstić information content (AvgIpc) is 2.73. The van der Waals surface area contributed by atoms with Gasteiger partial charge >= 0.3 is 0 Å². The third-order valence-electron chi connectivity index (χ3n) is 4.58. The van der Waals surface area contributed by atoms with Crippen molar-refractivity contribution < 1.29 is 8.78 Å². The van der Waals surface area contributed by atoms with Crippen LogP contribution in [0.3, 0.4) is 0 Å². The SMILES string of the molecule is CCCc1ccc(C#Cc2cc(F)c(C#Cc3ccc(CC)cc3)c(F)c2)cc1. The molecule has 0 heterocycles. The van der Waals surface area contributed by atoms with Gasteiger partial charge in [0.05, 0.1) is 5.56 Å². The molecule has 0 nitrogen and oxygen atoms in total. The summed E-state index contributed by atoms with van der Waals surface area (Å²) >= 11 is 0. The number of hydrogen-bond acceptors (Lipinski definition) is 0. The summed E-state index contributed by atoms with van der Waals surface area (Å²) in [6.07, 6.45) is 3.04. The first-order valence-electron chi connectivity index (χ1n) is 9.80. The smallest absolute Gasteiger partial charge is 0.143 e. The zero-order valence-electron chi connectivity index (χ0n) is 16.7. The number of halogens is 2. The van der Waals surface area contributed by atoms with Crippen LogP contribution in [0.5, 0.6) is 0 Å². The topological polar surface area (TPSA) is 0 Å². The summed E-state index contributed by atoms with van der Waals surface area (Å²) in [5.74, 6) is 9.80. The lowest BCUT2D eigenvalue weighted by Crippen LogP contribution is -1.92. The van der Waals surface area contributed by atoms with Crippen LogP contribution >= 0.6 is 0 Å². The molecule has 0 spiro atoms. The van der Waals surface area contributed by atoms with Crippen molar-refractivity contribution in [2.45, 2.75) is 33.1 Å². The second-order valence-corrected chi connectivity index (χ2v) is 6.81. The third kappa shape index (κ3) is 5.56. The third-order valence-corrected chi connectivity index (χ3v) is 4.58. The van der Waals surface area contributed by atoms with Crippen molar-refractivity contribution in [2.24, 2.45) is 0 Å². The normalized spacial score (nSPS) is 9.93. The average molecular weight is 384 g/mol. The van der Waals surface area contributed by atoms with Gasteiger partial charge in [-0.2, -0.15) is 0 Å². The summed E-state index contributed by atoms with van der Waals surface area (Å²) in [6, 6.07) is 18.0. The van der Waals surface area contributed by atoms with E-state index in [0.717, 1.165) is 30.4 Å². The molecule has 0 saturated heterocycles. The molecule has 0 bridgehead atoms. The van der Waals surface area contributed by atoms with E-state index in [1.54, 1.807) is 0 Å². The Morgan fingerprint density at radius 2 is 1.10 bits per heavy atom. The zero-order valence-corrected chi connectivity index (χ0v) is 16.7. The van der Waals surface area contributed by atoms with E-state index < -0.39 is 11.6 Å². The van der Waals surface area contributed by atoms with Gasteiger partial charge in [-0.15, -0.1) is 0 Å². The molecule has 0 atom stereocenters. The summed E-state index contributed by atoms with van der Waals surface area (Å²) in [7, 11) is 0. The second kappa shape index (κ2) is 9.72. The van der Waals surface area contributed by atoms with Crippen LogP contribution in [0.1, 0.15) is 53.6 Å². The maximum absolute atomic E-state index is 14.4. The zero-order chi connectivity index (χ0) is 20.6. The van der Waals surface area contributed by atoms with Crippen LogP contribution in [-0.2, 0) is 12.8 Å². The van der Waals surface area contributed by atoms with E-state index in [0.29, 0.717) is 0 Å². The first-order valence-corrected chi connectivity index (χ1v) is 9.80. The van der Waals surface area contributed by atoms with Crippen molar-refractivity contribution in [3.05, 3.63) is 106 Å². The summed E-state index contributed by atoms with van der Waals surface area (Å²) in [5.41, 5.74) is 4.02. The molecule has 0 amide bonds. The summed E-state index contributed by atoms with van der Waals surface area (Å²) in [6.45, 7) is 4.20. The molecule has 0 aliphatic carbocycles. The van der Waals surface area contributed by atoms with E-state index in [2.05, 4.69) is 37.5 Å². The second-order valence-electron chi connectivity index (χ2n) is 6.81. The molecule has 0 saturated carbocycles. The van der Waals surface area contributed by atoms with Gasteiger partial charge in [-0.1, -0.05) is 68.2 Å². The van der Waals surface area contributed by atoms with Crippen LogP contribution in [0, 0.1) is 35.3 Å². The fourth-order valence-electron chi connectivity index (χ4n) is 2.91. The molecule has 144 valence electrons. The van der Waals surface area contributed by atoms with Gasteiger partial charge in [0, 0.05) is 16.7 Å². The molecule has 2 heteroatoms. The Hall–Kier alpha value is -3.36. The molecule has 3 aromatic carbocycles. The molecular weight excluding hydrogens is 362 g/mol. The summed E-state index contributed by atoms with van der Waals surface area (Å²) in [5, 5.41) is 0. The van der Waals surface area contributed by atoms with Gasteiger partial charge in [-0.25, -0.2) is 8.78 Å². The monoisotopic (exact) mass is 384 g/mol. The minimum atomic E-state index is -0.703. The number of benzene rings is 3. The van der Waals surface area contributed by atoms with Crippen LogP contribution < -0.4 is 0 Å². The first-order chi connectivity index (χ1) is 14.1. The van der Waals surface area contributed by atoms with E-state index in [1.165, 1.54) is 23.3 Å². The van der Waals surface area contributed by atoms with E-state index >= 15 is 0 Å². The molecule has 0 radical (unpaired) electrons. The highest BCUT2D eigenvalue weighted by Gasteiger charge is 2.08. The first kappa shape index (κ1) is 20.4. The highest BCUT2D eigenvalue weighted by molar-refractivity contribution is 5.49. The standard InChI is InChI=1S/C27H22F2/c1-3-5-21-10-12-22(13-11-21)14-15-24-18-26(28)25(27(29)19-24)17-16-23-8-6-20(4-2)7-9-23/h6-13,18-19H,3-5H2,1-2H3. The molecule has 29 heavy (non-hydrogen) atoms. The van der Waals surface area contributed by atoms with Crippen LogP contribution in [0.25, 0.3) is 0 Å². The molecule has 0 aromatic heterocycles. The summed E-state index contributed by atoms with van der Waals surface area (Å²) in [4.78, 5) is 0. The molecule has 0 fully saturated rings. The molecule has 0 aliphatic heterocycles.